The molecule has 1 saturated heterocycles. The van der Waals surface area contributed by atoms with Gasteiger partial charge < -0.3 is 20.5 Å². The van der Waals surface area contributed by atoms with Crippen molar-refractivity contribution in [2.75, 3.05) is 25.0 Å². The first kappa shape index (κ1) is 19.7. The predicted molar refractivity (Wildman–Crippen MR) is 91.3 cm³/mol. The van der Waals surface area contributed by atoms with Gasteiger partial charge in [0.05, 0.1) is 6.54 Å². The second-order valence-electron chi connectivity index (χ2n) is 6.97. The Hall–Kier alpha value is -1.64. The van der Waals surface area contributed by atoms with Gasteiger partial charge in [-0.25, -0.2) is 0 Å². The molecule has 0 spiro atoms. The largest absolute Gasteiger partial charge is 0.586 e. The summed E-state index contributed by atoms with van der Waals surface area (Å²) in [5, 5.41) is 2.69. The Balaban J connectivity index is 0.00000225. The van der Waals surface area contributed by atoms with Gasteiger partial charge in [0.2, 0.25) is 5.91 Å². The Morgan fingerprint density at radius 3 is 2.72 bits per heavy atom. The molecule has 2 heterocycles. The Morgan fingerprint density at radius 2 is 2.04 bits per heavy atom. The van der Waals surface area contributed by atoms with E-state index in [0.717, 1.165) is 19.5 Å². The number of likely N-dealkylation sites (tertiary alicyclic amines) is 1. The van der Waals surface area contributed by atoms with Crippen LogP contribution in [0.25, 0.3) is 0 Å². The highest BCUT2D eigenvalue weighted by atomic mass is 35.5. The van der Waals surface area contributed by atoms with Gasteiger partial charge in [0, 0.05) is 30.9 Å². The average molecular weight is 378 g/mol. The van der Waals surface area contributed by atoms with E-state index in [1.165, 1.54) is 18.2 Å². The number of nitrogens with one attached hydrogen (secondary N) is 1. The fourth-order valence-corrected chi connectivity index (χ4v) is 3.05. The van der Waals surface area contributed by atoms with Gasteiger partial charge in [0.1, 0.15) is 0 Å². The Morgan fingerprint density at radius 1 is 1.36 bits per heavy atom. The van der Waals surface area contributed by atoms with E-state index >= 15 is 0 Å². The van der Waals surface area contributed by atoms with Crippen LogP contribution in [0.2, 0.25) is 0 Å². The normalized spacial score (nSPS) is 23.6. The topological polar surface area (TPSA) is 76.8 Å². The number of nitrogens with zero attached hydrogens (tertiary/aromatic N) is 1. The highest BCUT2D eigenvalue weighted by Gasteiger charge is 2.43. The molecule has 2 aliphatic heterocycles. The number of piperidine rings is 1. The molecule has 1 aromatic carbocycles. The van der Waals surface area contributed by atoms with E-state index in [-0.39, 0.29) is 47.8 Å². The van der Waals surface area contributed by atoms with E-state index in [1.807, 2.05) is 4.90 Å². The summed E-state index contributed by atoms with van der Waals surface area (Å²) in [4.78, 5) is 14.2. The molecule has 25 heavy (non-hydrogen) atoms. The number of hydrogen-bond donors (Lipinski definition) is 2. The molecule has 1 atom stereocenters. The zero-order valence-electron chi connectivity index (χ0n) is 14.1. The summed E-state index contributed by atoms with van der Waals surface area (Å²) < 4.78 is 34.7. The number of alkyl halides is 2. The van der Waals surface area contributed by atoms with Crippen LogP contribution in [-0.2, 0) is 4.79 Å². The van der Waals surface area contributed by atoms with Crippen molar-refractivity contribution >= 4 is 24.0 Å². The minimum atomic E-state index is -3.66. The van der Waals surface area contributed by atoms with Crippen LogP contribution >= 0.6 is 12.4 Å². The lowest BCUT2D eigenvalue weighted by Crippen LogP contribution is -2.53. The van der Waals surface area contributed by atoms with Gasteiger partial charge in [-0.05, 0) is 24.0 Å². The first-order valence-corrected chi connectivity index (χ1v) is 7.82. The van der Waals surface area contributed by atoms with E-state index in [1.54, 1.807) is 0 Å². The quantitative estimate of drug-likeness (QED) is 0.846. The summed E-state index contributed by atoms with van der Waals surface area (Å²) in [6.45, 7) is 5.88. The fraction of sp³-hybridized carbons (Fsp3) is 0.562. The van der Waals surface area contributed by atoms with Crippen molar-refractivity contribution in [1.82, 2.24) is 4.90 Å². The van der Waals surface area contributed by atoms with E-state index in [2.05, 4.69) is 28.6 Å². The van der Waals surface area contributed by atoms with Gasteiger partial charge in [0.25, 0.3) is 0 Å². The van der Waals surface area contributed by atoms with Gasteiger partial charge in [0.15, 0.2) is 11.5 Å². The number of anilines is 1. The molecule has 0 bridgehead atoms. The van der Waals surface area contributed by atoms with Crippen LogP contribution in [-0.4, -0.2) is 42.8 Å². The molecule has 0 aromatic heterocycles. The number of ether oxygens (including phenoxy) is 2. The Kier molecular flexibility index (Phi) is 5.46. The van der Waals surface area contributed by atoms with E-state index < -0.39 is 6.29 Å². The number of amides is 1. The molecular weight excluding hydrogens is 356 g/mol. The van der Waals surface area contributed by atoms with Crippen LogP contribution in [0.15, 0.2) is 18.2 Å². The number of carbonyl (C=O) groups is 1. The van der Waals surface area contributed by atoms with Crippen molar-refractivity contribution < 1.29 is 23.0 Å². The van der Waals surface area contributed by atoms with Crippen molar-refractivity contribution in [1.29, 1.82) is 0 Å². The number of hydrogen-bond acceptors (Lipinski definition) is 5. The molecule has 1 unspecified atom stereocenters. The van der Waals surface area contributed by atoms with Gasteiger partial charge in [-0.2, -0.15) is 0 Å². The van der Waals surface area contributed by atoms with Gasteiger partial charge in [-0.15, -0.1) is 21.2 Å². The van der Waals surface area contributed by atoms with Crippen molar-refractivity contribution in [3.63, 3.8) is 0 Å². The Bertz CT molecular complexity index is 658. The lowest BCUT2D eigenvalue weighted by Gasteiger charge is -2.42. The molecule has 0 aliphatic carbocycles. The van der Waals surface area contributed by atoms with Crippen LogP contribution in [0.1, 0.15) is 20.3 Å². The standard InChI is InChI=1S/C16H21F2N3O3.ClH/c1-15(2)9-21(6-5-13(15)19)8-14(22)20-10-3-4-11-12(7-10)24-16(17,18)23-11;/h3-4,7,13H,5-6,8-9,19H2,1-2H3,(H,20,22);1H. The maximum Gasteiger partial charge on any atom is 0.586 e. The number of fused-ring (bicyclic) bond motifs is 1. The minimum absolute atomic E-state index is 0. The van der Waals surface area contributed by atoms with Crippen LogP contribution in [0.3, 0.4) is 0 Å². The summed E-state index contributed by atoms with van der Waals surface area (Å²) >= 11 is 0. The number of carbonyl (C=O) groups excluding carboxylic acids is 1. The lowest BCUT2D eigenvalue weighted by molar-refractivity contribution is -0.286. The summed E-state index contributed by atoms with van der Waals surface area (Å²) in [7, 11) is 0. The molecule has 1 aromatic rings. The zero-order chi connectivity index (χ0) is 17.5. The molecule has 1 fully saturated rings. The van der Waals surface area contributed by atoms with Gasteiger partial charge in [-0.1, -0.05) is 13.8 Å². The number of rotatable bonds is 3. The smallest absolute Gasteiger partial charge is 0.395 e. The second-order valence-corrected chi connectivity index (χ2v) is 6.97. The van der Waals surface area contributed by atoms with E-state index in [0.29, 0.717) is 5.69 Å². The molecule has 3 N–H and O–H groups in total. The van der Waals surface area contributed by atoms with Crippen LogP contribution in [0, 0.1) is 5.41 Å². The monoisotopic (exact) mass is 377 g/mol. The zero-order valence-corrected chi connectivity index (χ0v) is 14.9. The fourth-order valence-electron chi connectivity index (χ4n) is 3.05. The summed E-state index contributed by atoms with van der Waals surface area (Å²) in [5.74, 6) is -0.362. The SMILES string of the molecule is CC1(C)CN(CC(=O)Nc2ccc3c(c2)OC(F)(F)O3)CCC1N.Cl. The molecule has 9 heteroatoms. The maximum absolute atomic E-state index is 13.0. The van der Waals surface area contributed by atoms with Crippen molar-refractivity contribution in [2.24, 2.45) is 11.1 Å². The molecule has 2 aliphatic rings. The van der Waals surface area contributed by atoms with Crippen molar-refractivity contribution in [2.45, 2.75) is 32.6 Å². The van der Waals surface area contributed by atoms with Crippen molar-refractivity contribution in [3.8, 4) is 11.5 Å². The maximum atomic E-state index is 13.0. The molecule has 140 valence electrons. The lowest BCUT2D eigenvalue weighted by atomic mass is 9.80. The highest BCUT2D eigenvalue weighted by Crippen LogP contribution is 2.42. The first-order chi connectivity index (χ1) is 11.1. The third-order valence-corrected chi connectivity index (χ3v) is 4.44. The summed E-state index contributed by atoms with van der Waals surface area (Å²) in [6, 6.07) is 4.28. The van der Waals surface area contributed by atoms with Crippen molar-refractivity contribution in [3.05, 3.63) is 18.2 Å². The molecule has 6 nitrogen and oxygen atoms in total. The average Bonchev–Trinajstić information content (AvgIpc) is 2.75. The molecule has 1 amide bonds. The predicted octanol–water partition coefficient (Wildman–Crippen LogP) is 2.43. The minimum Gasteiger partial charge on any atom is -0.395 e. The number of halogens is 3. The van der Waals surface area contributed by atoms with Crippen LogP contribution in [0.5, 0.6) is 11.5 Å². The Labute approximate surface area is 151 Å². The molecule has 0 radical (unpaired) electrons. The molecule has 3 rings (SSSR count). The second kappa shape index (κ2) is 6.93. The van der Waals surface area contributed by atoms with E-state index in [4.69, 9.17) is 5.73 Å². The highest BCUT2D eigenvalue weighted by molar-refractivity contribution is 5.92. The summed E-state index contributed by atoms with van der Waals surface area (Å²) in [6.07, 6.45) is -2.83. The van der Waals surface area contributed by atoms with Crippen LogP contribution < -0.4 is 20.5 Å². The number of nitrogens with two attached hydrogens (primary N) is 1. The van der Waals surface area contributed by atoms with Gasteiger partial charge >= 0.3 is 6.29 Å². The molecular formula is C16H22ClF2N3O3. The third-order valence-electron chi connectivity index (χ3n) is 4.44. The van der Waals surface area contributed by atoms with Gasteiger partial charge in [-0.3, -0.25) is 9.69 Å². The number of benzene rings is 1. The first-order valence-electron chi connectivity index (χ1n) is 7.82. The van der Waals surface area contributed by atoms with E-state index in [9.17, 15) is 13.6 Å². The summed E-state index contributed by atoms with van der Waals surface area (Å²) in [5.41, 5.74) is 6.42. The third kappa shape index (κ3) is 4.50. The van der Waals surface area contributed by atoms with Crippen LogP contribution in [0.4, 0.5) is 14.5 Å². The molecule has 0 saturated carbocycles.